The van der Waals surface area contributed by atoms with Crippen LogP contribution in [0.5, 0.6) is 0 Å². The Bertz CT molecular complexity index is 1240. The number of hydrogen-bond acceptors (Lipinski definition) is 4. The fraction of sp³-hybridized carbons (Fsp3) is 0.304. The van der Waals surface area contributed by atoms with Crippen LogP contribution in [0, 0.1) is 11.8 Å². The molecule has 0 aromatic heterocycles. The Hall–Kier alpha value is -3.36. The van der Waals surface area contributed by atoms with Crippen molar-refractivity contribution in [3.8, 4) is 11.8 Å². The molecule has 2 aromatic carbocycles. The molecule has 0 bridgehead atoms. The van der Waals surface area contributed by atoms with E-state index in [-0.39, 0.29) is 41.6 Å². The molecule has 1 aliphatic rings. The molecule has 0 atom stereocenters. The first-order valence-corrected chi connectivity index (χ1v) is 11.7. The molecule has 1 fully saturated rings. The van der Waals surface area contributed by atoms with Crippen molar-refractivity contribution in [1.29, 1.82) is 0 Å². The van der Waals surface area contributed by atoms with Crippen LogP contribution in [-0.4, -0.2) is 62.2 Å². The summed E-state index contributed by atoms with van der Waals surface area (Å²) in [5.74, 6) is 4.45. The number of halogens is 3. The second kappa shape index (κ2) is 10.3. The van der Waals surface area contributed by atoms with Crippen molar-refractivity contribution in [2.75, 3.05) is 32.7 Å². The number of hydrogen-bond donors (Lipinski definition) is 1. The molecule has 34 heavy (non-hydrogen) atoms. The predicted octanol–water partition coefficient (Wildman–Crippen LogP) is 2.34. The van der Waals surface area contributed by atoms with Gasteiger partial charge in [-0.2, -0.15) is 17.5 Å². The van der Waals surface area contributed by atoms with E-state index in [1.807, 2.05) is 0 Å². The summed E-state index contributed by atoms with van der Waals surface area (Å²) in [5.41, 5.74) is -0.560. The first kappa shape index (κ1) is 25.3. The van der Waals surface area contributed by atoms with Crippen LogP contribution in [0.4, 0.5) is 13.2 Å². The van der Waals surface area contributed by atoms with Crippen molar-refractivity contribution in [2.45, 2.75) is 18.0 Å². The molecule has 180 valence electrons. The Morgan fingerprint density at radius 2 is 1.71 bits per heavy atom. The maximum Gasteiger partial charge on any atom is 0.416 e. The average Bonchev–Trinajstić information content (AvgIpc) is 2.81. The van der Waals surface area contributed by atoms with E-state index < -0.39 is 27.7 Å². The summed E-state index contributed by atoms with van der Waals surface area (Å²) in [6, 6.07) is 10.1. The molecular formula is C23H22F3N3O4S. The molecule has 1 saturated heterocycles. The largest absolute Gasteiger partial charge is 0.416 e. The van der Waals surface area contributed by atoms with Gasteiger partial charge in [-0.25, -0.2) is 8.42 Å². The van der Waals surface area contributed by atoms with E-state index >= 15 is 0 Å². The maximum atomic E-state index is 12.9. The van der Waals surface area contributed by atoms with Crippen molar-refractivity contribution in [1.82, 2.24) is 14.5 Å². The fourth-order valence-electron chi connectivity index (χ4n) is 3.34. The predicted molar refractivity (Wildman–Crippen MR) is 118 cm³/mol. The molecule has 1 heterocycles. The van der Waals surface area contributed by atoms with Crippen LogP contribution in [0.2, 0.25) is 0 Å². The highest BCUT2D eigenvalue weighted by Crippen LogP contribution is 2.29. The molecule has 1 N–H and O–H groups in total. The highest BCUT2D eigenvalue weighted by molar-refractivity contribution is 7.89. The second-order valence-corrected chi connectivity index (χ2v) is 9.44. The number of sulfonamides is 1. The van der Waals surface area contributed by atoms with Crippen LogP contribution in [0.25, 0.3) is 0 Å². The zero-order chi connectivity index (χ0) is 24.9. The minimum atomic E-state index is -4.47. The van der Waals surface area contributed by atoms with Crippen LogP contribution in [0.3, 0.4) is 0 Å². The van der Waals surface area contributed by atoms with Gasteiger partial charge in [0.15, 0.2) is 0 Å². The number of amides is 2. The van der Waals surface area contributed by atoms with E-state index in [0.717, 1.165) is 12.1 Å². The summed E-state index contributed by atoms with van der Waals surface area (Å²) < 4.78 is 65.5. The summed E-state index contributed by atoms with van der Waals surface area (Å²) in [4.78, 5) is 25.4. The molecule has 1 aliphatic heterocycles. The van der Waals surface area contributed by atoms with Gasteiger partial charge in [-0.3, -0.25) is 9.59 Å². The van der Waals surface area contributed by atoms with Crippen LogP contribution in [-0.2, 0) is 21.0 Å². The third kappa shape index (κ3) is 6.15. The Labute approximate surface area is 195 Å². The van der Waals surface area contributed by atoms with Gasteiger partial charge in [0.05, 0.1) is 17.0 Å². The lowest BCUT2D eigenvalue weighted by atomic mass is 10.1. The molecule has 3 rings (SSSR count). The van der Waals surface area contributed by atoms with Gasteiger partial charge in [-0.15, -0.1) is 0 Å². The van der Waals surface area contributed by atoms with Gasteiger partial charge in [0, 0.05) is 44.2 Å². The van der Waals surface area contributed by atoms with E-state index in [1.54, 1.807) is 4.90 Å². The van der Waals surface area contributed by atoms with Crippen LogP contribution >= 0.6 is 0 Å². The molecule has 2 aromatic rings. The molecule has 0 saturated carbocycles. The molecule has 0 unspecified atom stereocenters. The van der Waals surface area contributed by atoms with E-state index in [4.69, 9.17) is 0 Å². The van der Waals surface area contributed by atoms with Gasteiger partial charge in [-0.1, -0.05) is 24.0 Å². The SMILES string of the molecule is CC(=O)N1CCN(S(=O)(=O)c2cccc(C(=O)NCC#Cc3cccc(C(F)(F)F)c3)c2)CC1. The molecule has 11 heteroatoms. The van der Waals surface area contributed by atoms with Gasteiger partial charge in [0.25, 0.3) is 5.91 Å². The molecular weight excluding hydrogens is 471 g/mol. The van der Waals surface area contributed by atoms with E-state index in [2.05, 4.69) is 17.2 Å². The maximum absolute atomic E-state index is 12.9. The first-order chi connectivity index (χ1) is 16.0. The zero-order valence-corrected chi connectivity index (χ0v) is 19.0. The molecule has 0 radical (unpaired) electrons. The third-order valence-corrected chi connectivity index (χ3v) is 7.07. The Morgan fingerprint density at radius 1 is 1.03 bits per heavy atom. The second-order valence-electron chi connectivity index (χ2n) is 7.50. The van der Waals surface area contributed by atoms with Crippen LogP contribution in [0.1, 0.15) is 28.4 Å². The van der Waals surface area contributed by atoms with Crippen molar-refractivity contribution in [3.63, 3.8) is 0 Å². The molecule has 7 nitrogen and oxygen atoms in total. The van der Waals surface area contributed by atoms with Crippen molar-refractivity contribution in [2.24, 2.45) is 0 Å². The van der Waals surface area contributed by atoms with E-state index in [0.29, 0.717) is 13.1 Å². The molecule has 2 amide bonds. The molecule has 0 aliphatic carbocycles. The normalized spacial score (nSPS) is 14.8. The van der Waals surface area contributed by atoms with Gasteiger partial charge in [0.1, 0.15) is 0 Å². The van der Waals surface area contributed by atoms with Crippen molar-refractivity contribution in [3.05, 3.63) is 65.2 Å². The lowest BCUT2D eigenvalue weighted by molar-refractivity contribution is -0.137. The number of alkyl halides is 3. The topological polar surface area (TPSA) is 86.8 Å². The zero-order valence-electron chi connectivity index (χ0n) is 18.2. The van der Waals surface area contributed by atoms with Gasteiger partial charge in [-0.05, 0) is 36.4 Å². The number of piperazine rings is 1. The first-order valence-electron chi connectivity index (χ1n) is 10.3. The summed E-state index contributed by atoms with van der Waals surface area (Å²) in [5, 5.41) is 2.50. The minimum absolute atomic E-state index is 0.0496. The number of rotatable bonds is 4. The number of nitrogens with zero attached hydrogens (tertiary/aromatic N) is 2. The fourth-order valence-corrected chi connectivity index (χ4v) is 4.80. The number of benzene rings is 2. The van der Waals surface area contributed by atoms with Crippen molar-refractivity contribution < 1.29 is 31.2 Å². The lowest BCUT2D eigenvalue weighted by Gasteiger charge is -2.33. The highest BCUT2D eigenvalue weighted by atomic mass is 32.2. The summed E-state index contributed by atoms with van der Waals surface area (Å²) in [6.45, 7) is 2.18. The minimum Gasteiger partial charge on any atom is -0.341 e. The standard InChI is InChI=1S/C23H22F3N3O4S/c1-17(30)28-11-13-29(14-12-28)34(32,33)21-9-3-7-19(16-21)22(31)27-10-4-6-18-5-2-8-20(15-18)23(24,25)26/h2-3,5,7-9,15-16H,10-14H2,1H3,(H,27,31). The monoisotopic (exact) mass is 493 g/mol. The summed E-state index contributed by atoms with van der Waals surface area (Å²) in [7, 11) is -3.85. The van der Waals surface area contributed by atoms with Gasteiger partial charge < -0.3 is 10.2 Å². The summed E-state index contributed by atoms with van der Waals surface area (Å²) in [6.07, 6.45) is -4.47. The highest BCUT2D eigenvalue weighted by Gasteiger charge is 2.31. The Balaban J connectivity index is 1.64. The smallest absolute Gasteiger partial charge is 0.341 e. The lowest BCUT2D eigenvalue weighted by Crippen LogP contribution is -2.49. The Morgan fingerprint density at radius 3 is 2.35 bits per heavy atom. The van der Waals surface area contributed by atoms with Gasteiger partial charge >= 0.3 is 6.18 Å². The number of carbonyl (C=O) groups excluding carboxylic acids is 2. The summed E-state index contributed by atoms with van der Waals surface area (Å²) >= 11 is 0. The quantitative estimate of drug-likeness (QED) is 0.663. The van der Waals surface area contributed by atoms with Crippen molar-refractivity contribution >= 4 is 21.8 Å². The Kier molecular flexibility index (Phi) is 7.64. The van der Waals surface area contributed by atoms with Crippen LogP contribution in [0.15, 0.2) is 53.4 Å². The van der Waals surface area contributed by atoms with Crippen LogP contribution < -0.4 is 5.32 Å². The van der Waals surface area contributed by atoms with E-state index in [1.165, 1.54) is 47.6 Å². The average molecular weight is 494 g/mol. The third-order valence-electron chi connectivity index (χ3n) is 5.18. The molecule has 0 spiro atoms. The number of carbonyl (C=O) groups is 2. The number of nitrogens with one attached hydrogen (secondary N) is 1. The van der Waals surface area contributed by atoms with Gasteiger partial charge in [0.2, 0.25) is 15.9 Å². The van der Waals surface area contributed by atoms with E-state index in [9.17, 15) is 31.2 Å².